The molecule has 0 aliphatic carbocycles. The summed E-state index contributed by atoms with van der Waals surface area (Å²) in [5, 5.41) is 12.8. The van der Waals surface area contributed by atoms with E-state index in [0.29, 0.717) is 23.6 Å². The zero-order valence-corrected chi connectivity index (χ0v) is 22.0. The molecule has 0 fully saturated rings. The van der Waals surface area contributed by atoms with Crippen molar-refractivity contribution >= 4 is 17.7 Å². The first kappa shape index (κ1) is 24.7. The first-order valence-corrected chi connectivity index (χ1v) is 13.4. The highest BCUT2D eigenvalue weighted by molar-refractivity contribution is 7.98. The summed E-state index contributed by atoms with van der Waals surface area (Å²) in [6.07, 6.45) is 3.49. The van der Waals surface area contributed by atoms with Crippen LogP contribution in [0.25, 0.3) is 17.1 Å². The molecule has 0 radical (unpaired) electrons. The number of carbonyl (C=O) groups is 1. The summed E-state index contributed by atoms with van der Waals surface area (Å²) in [5.74, 6) is 2.57. The number of benzene rings is 3. The summed E-state index contributed by atoms with van der Waals surface area (Å²) in [6, 6.07) is 25.4. The van der Waals surface area contributed by atoms with Crippen LogP contribution in [0.1, 0.15) is 27.0 Å². The SMILES string of the molecule is Cc1cccc(-n2c(SCc3ccccc3C(=O)NCc3ccc4c(c3)OCO4)nnc2-c2ccncc2)c1. The largest absolute Gasteiger partial charge is 0.454 e. The van der Waals surface area contributed by atoms with Gasteiger partial charge in [-0.15, -0.1) is 10.2 Å². The smallest absolute Gasteiger partial charge is 0.251 e. The third-order valence-electron chi connectivity index (χ3n) is 6.34. The van der Waals surface area contributed by atoms with Gasteiger partial charge < -0.3 is 14.8 Å². The van der Waals surface area contributed by atoms with Gasteiger partial charge in [-0.3, -0.25) is 14.3 Å². The average molecular weight is 536 g/mol. The fraction of sp³-hybridized carbons (Fsp3) is 0.133. The van der Waals surface area contributed by atoms with E-state index in [4.69, 9.17) is 9.47 Å². The topological polar surface area (TPSA) is 91.2 Å². The van der Waals surface area contributed by atoms with E-state index in [1.165, 1.54) is 11.8 Å². The minimum Gasteiger partial charge on any atom is -0.454 e. The van der Waals surface area contributed by atoms with Gasteiger partial charge in [0.1, 0.15) is 0 Å². The number of amides is 1. The number of aryl methyl sites for hydroxylation is 1. The number of ether oxygens (including phenoxy) is 2. The normalized spacial score (nSPS) is 11.9. The van der Waals surface area contributed by atoms with Crippen molar-refractivity contribution < 1.29 is 14.3 Å². The summed E-state index contributed by atoms with van der Waals surface area (Å²) in [7, 11) is 0. The Labute approximate surface area is 230 Å². The maximum Gasteiger partial charge on any atom is 0.251 e. The number of fused-ring (bicyclic) bond motifs is 1. The number of thioether (sulfide) groups is 1. The van der Waals surface area contributed by atoms with Crippen LogP contribution >= 0.6 is 11.8 Å². The maximum atomic E-state index is 13.2. The molecule has 0 unspecified atom stereocenters. The first-order valence-electron chi connectivity index (χ1n) is 12.5. The number of hydrogen-bond acceptors (Lipinski definition) is 7. The average Bonchev–Trinajstić information content (AvgIpc) is 3.62. The van der Waals surface area contributed by atoms with E-state index < -0.39 is 0 Å². The Kier molecular flexibility index (Phi) is 6.97. The molecule has 0 saturated heterocycles. The lowest BCUT2D eigenvalue weighted by Crippen LogP contribution is -2.23. The fourth-order valence-corrected chi connectivity index (χ4v) is 5.35. The van der Waals surface area contributed by atoms with Crippen LogP contribution in [0.5, 0.6) is 11.5 Å². The minimum absolute atomic E-state index is 0.138. The maximum absolute atomic E-state index is 13.2. The summed E-state index contributed by atoms with van der Waals surface area (Å²) >= 11 is 1.54. The molecule has 3 heterocycles. The molecule has 6 rings (SSSR count). The summed E-state index contributed by atoms with van der Waals surface area (Å²) < 4.78 is 12.9. The molecule has 9 heteroatoms. The van der Waals surface area contributed by atoms with Gasteiger partial charge in [0, 0.05) is 41.5 Å². The van der Waals surface area contributed by atoms with Crippen LogP contribution in [0.2, 0.25) is 0 Å². The van der Waals surface area contributed by atoms with Gasteiger partial charge in [0.05, 0.1) is 0 Å². The van der Waals surface area contributed by atoms with Crippen LogP contribution in [0.15, 0.2) is 96.4 Å². The monoisotopic (exact) mass is 535 g/mol. The third-order valence-corrected chi connectivity index (χ3v) is 7.32. The van der Waals surface area contributed by atoms with Gasteiger partial charge in [-0.25, -0.2) is 0 Å². The lowest BCUT2D eigenvalue weighted by Gasteiger charge is -2.13. The predicted molar refractivity (Wildman–Crippen MR) is 149 cm³/mol. The van der Waals surface area contributed by atoms with Crippen molar-refractivity contribution in [3.63, 3.8) is 0 Å². The van der Waals surface area contributed by atoms with E-state index in [-0.39, 0.29) is 12.7 Å². The molecule has 0 saturated carbocycles. The lowest BCUT2D eigenvalue weighted by molar-refractivity contribution is 0.0950. The van der Waals surface area contributed by atoms with Gasteiger partial charge in [0.15, 0.2) is 22.5 Å². The molecule has 5 aromatic rings. The summed E-state index contributed by atoms with van der Waals surface area (Å²) in [6.45, 7) is 2.66. The molecule has 39 heavy (non-hydrogen) atoms. The zero-order chi connectivity index (χ0) is 26.6. The first-order chi connectivity index (χ1) is 19.2. The number of aromatic nitrogens is 4. The Bertz CT molecular complexity index is 1640. The molecule has 0 atom stereocenters. The number of pyridine rings is 1. The Hall–Kier alpha value is -4.63. The highest BCUT2D eigenvalue weighted by Crippen LogP contribution is 2.33. The quantitative estimate of drug-likeness (QED) is 0.259. The van der Waals surface area contributed by atoms with Crippen molar-refractivity contribution in [2.75, 3.05) is 6.79 Å². The fourth-order valence-electron chi connectivity index (χ4n) is 4.39. The number of carbonyl (C=O) groups excluding carboxylic acids is 1. The highest BCUT2D eigenvalue weighted by atomic mass is 32.2. The van der Waals surface area contributed by atoms with Crippen molar-refractivity contribution in [3.8, 4) is 28.6 Å². The Morgan fingerprint density at radius 3 is 2.67 bits per heavy atom. The molecule has 1 aliphatic rings. The van der Waals surface area contributed by atoms with Gasteiger partial charge in [0.25, 0.3) is 5.91 Å². The molecule has 1 amide bonds. The van der Waals surface area contributed by atoms with E-state index in [2.05, 4.69) is 44.1 Å². The molecule has 0 spiro atoms. The van der Waals surface area contributed by atoms with E-state index in [1.54, 1.807) is 12.4 Å². The lowest BCUT2D eigenvalue weighted by atomic mass is 10.1. The van der Waals surface area contributed by atoms with Gasteiger partial charge in [0.2, 0.25) is 6.79 Å². The molecule has 194 valence electrons. The number of hydrogen-bond donors (Lipinski definition) is 1. The van der Waals surface area contributed by atoms with Gasteiger partial charge in [-0.05, 0) is 66.1 Å². The molecule has 3 aromatic carbocycles. The molecular formula is C30H25N5O3S. The van der Waals surface area contributed by atoms with Crippen LogP contribution < -0.4 is 14.8 Å². The van der Waals surface area contributed by atoms with Crippen molar-refractivity contribution in [2.45, 2.75) is 24.4 Å². The van der Waals surface area contributed by atoms with E-state index >= 15 is 0 Å². The van der Waals surface area contributed by atoms with Gasteiger partial charge >= 0.3 is 0 Å². The standard InChI is InChI=1S/C30H25N5O3S/c1-20-5-4-7-24(15-20)35-28(22-11-13-31-14-12-22)33-34-30(35)39-18-23-6-2-3-8-25(23)29(36)32-17-21-9-10-26-27(16-21)38-19-37-26/h2-16H,17-19H2,1H3,(H,32,36). The van der Waals surface area contributed by atoms with Crippen molar-refractivity contribution in [1.29, 1.82) is 0 Å². The summed E-state index contributed by atoms with van der Waals surface area (Å²) in [5.41, 5.74) is 5.52. The second-order valence-electron chi connectivity index (χ2n) is 9.03. The molecule has 8 nitrogen and oxygen atoms in total. The number of nitrogens with one attached hydrogen (secondary N) is 1. The number of nitrogens with zero attached hydrogens (tertiary/aromatic N) is 4. The number of rotatable bonds is 8. The van der Waals surface area contributed by atoms with Crippen LogP contribution in [-0.2, 0) is 12.3 Å². The van der Waals surface area contributed by atoms with Crippen LogP contribution in [0, 0.1) is 6.92 Å². The Balaban J connectivity index is 1.22. The minimum atomic E-state index is -0.138. The molecule has 2 aromatic heterocycles. The van der Waals surface area contributed by atoms with Crippen molar-refractivity contribution in [2.24, 2.45) is 0 Å². The highest BCUT2D eigenvalue weighted by Gasteiger charge is 2.19. The summed E-state index contributed by atoms with van der Waals surface area (Å²) in [4.78, 5) is 17.3. The van der Waals surface area contributed by atoms with Crippen LogP contribution in [-0.4, -0.2) is 32.4 Å². The van der Waals surface area contributed by atoms with Gasteiger partial charge in [-0.1, -0.05) is 48.2 Å². The third kappa shape index (κ3) is 5.35. The van der Waals surface area contributed by atoms with Crippen molar-refractivity contribution in [3.05, 3.63) is 114 Å². The second-order valence-corrected chi connectivity index (χ2v) is 9.98. The second kappa shape index (κ2) is 11.0. The molecule has 1 aliphatic heterocycles. The van der Waals surface area contributed by atoms with Gasteiger partial charge in [-0.2, -0.15) is 0 Å². The molecule has 1 N–H and O–H groups in total. The molecule has 0 bridgehead atoms. The van der Waals surface area contributed by atoms with E-state index in [0.717, 1.165) is 44.7 Å². The van der Waals surface area contributed by atoms with Crippen LogP contribution in [0.3, 0.4) is 0 Å². The Morgan fingerprint density at radius 1 is 0.949 bits per heavy atom. The van der Waals surface area contributed by atoms with Crippen molar-refractivity contribution in [1.82, 2.24) is 25.1 Å². The Morgan fingerprint density at radius 2 is 1.79 bits per heavy atom. The molecular weight excluding hydrogens is 510 g/mol. The predicted octanol–water partition coefficient (Wildman–Crippen LogP) is 5.59. The zero-order valence-electron chi connectivity index (χ0n) is 21.2. The van der Waals surface area contributed by atoms with E-state index in [1.807, 2.05) is 66.7 Å². The van der Waals surface area contributed by atoms with E-state index in [9.17, 15) is 4.79 Å². The van der Waals surface area contributed by atoms with Crippen LogP contribution in [0.4, 0.5) is 0 Å².